The Labute approximate surface area is 125 Å². The normalized spacial score (nSPS) is 17.7. The maximum absolute atomic E-state index is 9.51. The summed E-state index contributed by atoms with van der Waals surface area (Å²) in [5, 5.41) is 10.6. The van der Waals surface area contributed by atoms with E-state index in [0.717, 1.165) is 47.2 Å². The molecule has 0 atom stereocenters. The highest BCUT2D eigenvalue weighted by molar-refractivity contribution is 5.83. The smallest absolute Gasteiger partial charge is 0.147 e. The van der Waals surface area contributed by atoms with Crippen molar-refractivity contribution in [3.8, 4) is 6.07 Å². The highest BCUT2D eigenvalue weighted by Crippen LogP contribution is 2.36. The topological polar surface area (TPSA) is 39.9 Å². The van der Waals surface area contributed by atoms with Gasteiger partial charge in [-0.2, -0.15) is 5.26 Å². The zero-order valence-corrected chi connectivity index (χ0v) is 12.1. The lowest BCUT2D eigenvalue weighted by Gasteiger charge is -2.25. The molecule has 2 fully saturated rings. The summed E-state index contributed by atoms with van der Waals surface area (Å²) in [6.07, 6.45) is 5.32. The van der Waals surface area contributed by atoms with Gasteiger partial charge in [0.15, 0.2) is 0 Å². The maximum atomic E-state index is 9.51. The Kier molecular flexibility index (Phi) is 3.03. The molecule has 0 aliphatic heterocycles. The van der Waals surface area contributed by atoms with Gasteiger partial charge in [-0.1, -0.05) is 18.2 Å². The van der Waals surface area contributed by atoms with Crippen molar-refractivity contribution < 1.29 is 0 Å². The molecule has 0 bridgehead atoms. The molecule has 0 unspecified atom stereocenters. The summed E-state index contributed by atoms with van der Waals surface area (Å²) in [6, 6.07) is 12.4. The molecule has 3 heteroatoms. The van der Waals surface area contributed by atoms with Crippen molar-refractivity contribution in [3.05, 3.63) is 35.9 Å². The van der Waals surface area contributed by atoms with Crippen LogP contribution >= 0.6 is 0 Å². The van der Waals surface area contributed by atoms with Crippen LogP contribution in [0.5, 0.6) is 0 Å². The molecule has 4 rings (SSSR count). The van der Waals surface area contributed by atoms with Crippen LogP contribution < -0.4 is 4.90 Å². The van der Waals surface area contributed by atoms with E-state index in [-0.39, 0.29) is 0 Å². The maximum Gasteiger partial charge on any atom is 0.147 e. The van der Waals surface area contributed by atoms with Crippen LogP contribution in [-0.4, -0.2) is 18.1 Å². The van der Waals surface area contributed by atoms with E-state index < -0.39 is 0 Å². The van der Waals surface area contributed by atoms with Gasteiger partial charge in [-0.05, 0) is 49.7 Å². The van der Waals surface area contributed by atoms with Crippen LogP contribution in [0.3, 0.4) is 0 Å². The molecule has 0 radical (unpaired) electrons. The molecule has 0 amide bonds. The fraction of sp³-hybridized carbons (Fsp3) is 0.444. The number of para-hydroxylation sites is 1. The molecule has 2 aliphatic rings. The number of benzene rings is 1. The van der Waals surface area contributed by atoms with Gasteiger partial charge in [0, 0.05) is 18.5 Å². The number of pyridine rings is 1. The standard InChI is InChI=1S/C18H19N3/c19-10-16-9-15-3-1-2-4-17(15)20-18(16)21(11-13-5-6-13)12-14-7-8-14/h1-4,9,13-14H,5-8,11-12H2. The molecule has 2 aromatic rings. The van der Waals surface area contributed by atoms with Crippen molar-refractivity contribution in [3.63, 3.8) is 0 Å². The lowest BCUT2D eigenvalue weighted by Crippen LogP contribution is -2.29. The second-order valence-corrected chi connectivity index (χ2v) is 6.46. The second-order valence-electron chi connectivity index (χ2n) is 6.46. The molecule has 0 N–H and O–H groups in total. The molecule has 0 saturated heterocycles. The van der Waals surface area contributed by atoms with Crippen LogP contribution in [0, 0.1) is 23.2 Å². The van der Waals surface area contributed by atoms with E-state index in [2.05, 4.69) is 11.0 Å². The lowest BCUT2D eigenvalue weighted by atomic mass is 10.1. The molecule has 21 heavy (non-hydrogen) atoms. The number of rotatable bonds is 5. The zero-order valence-electron chi connectivity index (χ0n) is 12.1. The van der Waals surface area contributed by atoms with Gasteiger partial charge in [0.1, 0.15) is 11.9 Å². The predicted molar refractivity (Wildman–Crippen MR) is 84.1 cm³/mol. The number of nitriles is 1. The van der Waals surface area contributed by atoms with E-state index in [9.17, 15) is 5.26 Å². The Morgan fingerprint density at radius 1 is 1.10 bits per heavy atom. The monoisotopic (exact) mass is 277 g/mol. The van der Waals surface area contributed by atoms with Crippen LogP contribution in [-0.2, 0) is 0 Å². The van der Waals surface area contributed by atoms with Crippen molar-refractivity contribution in [2.45, 2.75) is 25.7 Å². The Hall–Kier alpha value is -2.08. The highest BCUT2D eigenvalue weighted by atomic mass is 15.2. The summed E-state index contributed by atoms with van der Waals surface area (Å²) >= 11 is 0. The van der Waals surface area contributed by atoms with Crippen LogP contribution in [0.2, 0.25) is 0 Å². The molecule has 106 valence electrons. The third kappa shape index (κ3) is 2.71. The minimum Gasteiger partial charge on any atom is -0.355 e. The van der Waals surface area contributed by atoms with Crippen molar-refractivity contribution >= 4 is 16.7 Å². The van der Waals surface area contributed by atoms with Gasteiger partial charge < -0.3 is 4.90 Å². The third-order valence-electron chi connectivity index (χ3n) is 4.47. The number of hydrogen-bond acceptors (Lipinski definition) is 3. The van der Waals surface area contributed by atoms with Crippen molar-refractivity contribution in [1.29, 1.82) is 5.26 Å². The minimum atomic E-state index is 0.718. The molecule has 1 aromatic heterocycles. The van der Waals surface area contributed by atoms with Gasteiger partial charge >= 0.3 is 0 Å². The SMILES string of the molecule is N#Cc1cc2ccccc2nc1N(CC1CC1)CC1CC1. The Morgan fingerprint density at radius 3 is 2.38 bits per heavy atom. The molecule has 0 spiro atoms. The first kappa shape index (κ1) is 12.6. The van der Waals surface area contributed by atoms with Crippen LogP contribution in [0.4, 0.5) is 5.82 Å². The van der Waals surface area contributed by atoms with Crippen molar-refractivity contribution in [1.82, 2.24) is 4.98 Å². The largest absolute Gasteiger partial charge is 0.355 e. The van der Waals surface area contributed by atoms with Crippen LogP contribution in [0.15, 0.2) is 30.3 Å². The van der Waals surface area contributed by atoms with Gasteiger partial charge in [-0.15, -0.1) is 0 Å². The zero-order chi connectivity index (χ0) is 14.2. The average molecular weight is 277 g/mol. The van der Waals surface area contributed by atoms with Crippen molar-refractivity contribution in [2.24, 2.45) is 11.8 Å². The summed E-state index contributed by atoms with van der Waals surface area (Å²) in [6.45, 7) is 2.13. The number of nitrogens with zero attached hydrogens (tertiary/aromatic N) is 3. The molecular formula is C18H19N3. The fourth-order valence-corrected chi connectivity index (χ4v) is 2.90. The Balaban J connectivity index is 1.75. The van der Waals surface area contributed by atoms with Gasteiger partial charge in [-0.25, -0.2) is 4.98 Å². The molecule has 1 heterocycles. The minimum absolute atomic E-state index is 0.718. The van der Waals surface area contributed by atoms with Gasteiger partial charge in [0.05, 0.1) is 11.1 Å². The average Bonchev–Trinajstić information content (AvgIpc) is 3.41. The number of anilines is 1. The predicted octanol–water partition coefficient (Wildman–Crippen LogP) is 3.73. The number of fused-ring (bicyclic) bond motifs is 1. The summed E-state index contributed by atoms with van der Waals surface area (Å²) in [7, 11) is 0. The van der Waals surface area contributed by atoms with E-state index >= 15 is 0 Å². The number of aromatic nitrogens is 1. The Bertz CT molecular complexity index is 694. The van der Waals surface area contributed by atoms with Gasteiger partial charge in [-0.3, -0.25) is 0 Å². The summed E-state index contributed by atoms with van der Waals surface area (Å²) < 4.78 is 0. The van der Waals surface area contributed by atoms with Crippen molar-refractivity contribution in [2.75, 3.05) is 18.0 Å². The van der Waals surface area contributed by atoms with Crippen LogP contribution in [0.1, 0.15) is 31.2 Å². The molecular weight excluding hydrogens is 258 g/mol. The Morgan fingerprint density at radius 2 is 1.76 bits per heavy atom. The summed E-state index contributed by atoms with van der Waals surface area (Å²) in [4.78, 5) is 7.19. The summed E-state index contributed by atoms with van der Waals surface area (Å²) in [5.41, 5.74) is 1.71. The van der Waals surface area contributed by atoms with E-state index in [4.69, 9.17) is 4.98 Å². The van der Waals surface area contributed by atoms with E-state index in [1.54, 1.807) is 0 Å². The quantitative estimate of drug-likeness (QED) is 0.836. The molecule has 3 nitrogen and oxygen atoms in total. The number of hydrogen-bond donors (Lipinski definition) is 0. The van der Waals surface area contributed by atoms with E-state index in [1.165, 1.54) is 25.7 Å². The van der Waals surface area contributed by atoms with E-state index in [0.29, 0.717) is 0 Å². The lowest BCUT2D eigenvalue weighted by molar-refractivity contribution is 0.672. The van der Waals surface area contributed by atoms with E-state index in [1.807, 2.05) is 30.3 Å². The van der Waals surface area contributed by atoms with Gasteiger partial charge in [0.2, 0.25) is 0 Å². The first-order valence-electron chi connectivity index (χ1n) is 7.88. The third-order valence-corrected chi connectivity index (χ3v) is 4.47. The first-order valence-corrected chi connectivity index (χ1v) is 7.88. The van der Waals surface area contributed by atoms with Crippen LogP contribution in [0.25, 0.3) is 10.9 Å². The highest BCUT2D eigenvalue weighted by Gasteiger charge is 2.30. The molecule has 2 aliphatic carbocycles. The molecule has 1 aromatic carbocycles. The first-order chi connectivity index (χ1) is 10.3. The second kappa shape index (κ2) is 5.04. The van der Waals surface area contributed by atoms with Gasteiger partial charge in [0.25, 0.3) is 0 Å². The fourth-order valence-electron chi connectivity index (χ4n) is 2.90. The molecule has 2 saturated carbocycles. The summed E-state index contributed by atoms with van der Waals surface area (Å²) in [5.74, 6) is 2.52.